The van der Waals surface area contributed by atoms with Crippen LogP contribution in [0.1, 0.15) is 68.1 Å². The molecule has 0 unspecified atom stereocenters. The highest BCUT2D eigenvalue weighted by Gasteiger charge is 2.53. The summed E-state index contributed by atoms with van der Waals surface area (Å²) in [6, 6.07) is 27.6. The maximum Gasteiger partial charge on any atom is 0.306 e. The van der Waals surface area contributed by atoms with Crippen molar-refractivity contribution in [2.45, 2.75) is 94.7 Å². The number of aromatic nitrogens is 1. The van der Waals surface area contributed by atoms with Crippen molar-refractivity contribution in [2.75, 3.05) is 19.8 Å². The molecule has 0 aliphatic carbocycles. The van der Waals surface area contributed by atoms with Crippen molar-refractivity contribution in [1.29, 1.82) is 0 Å². The molecule has 4 atom stereocenters. The van der Waals surface area contributed by atoms with Crippen molar-refractivity contribution >= 4 is 22.8 Å². The number of aromatic amines is 1. The Hall–Kier alpha value is -4.02. The van der Waals surface area contributed by atoms with E-state index in [2.05, 4.69) is 11.1 Å². The van der Waals surface area contributed by atoms with Gasteiger partial charge in [0.1, 0.15) is 12.2 Å². The fraction of sp³-hybridized carbons (Fsp3) is 0.450. The zero-order valence-electron chi connectivity index (χ0n) is 28.3. The number of para-hydroxylation sites is 1. The van der Waals surface area contributed by atoms with Gasteiger partial charge in [-0.1, -0.05) is 91.7 Å². The van der Waals surface area contributed by atoms with E-state index in [4.69, 9.17) is 24.7 Å². The van der Waals surface area contributed by atoms with Gasteiger partial charge >= 0.3 is 11.9 Å². The molecule has 0 amide bonds. The molecule has 3 aromatic carbocycles. The average Bonchev–Trinajstić information content (AvgIpc) is 3.55. The van der Waals surface area contributed by atoms with Crippen LogP contribution in [0, 0.1) is 0 Å². The number of aliphatic hydroxyl groups is 1. The summed E-state index contributed by atoms with van der Waals surface area (Å²) in [4.78, 5) is 29.9. The zero-order chi connectivity index (χ0) is 34.3. The van der Waals surface area contributed by atoms with Crippen LogP contribution in [0.15, 0.2) is 91.1 Å². The van der Waals surface area contributed by atoms with E-state index in [0.717, 1.165) is 53.3 Å². The number of unbranched alkanes of at least 4 members (excludes halogenated alkanes) is 3. The fourth-order valence-electron chi connectivity index (χ4n) is 6.51. The summed E-state index contributed by atoms with van der Waals surface area (Å²) < 4.78 is 25.5. The van der Waals surface area contributed by atoms with Crippen LogP contribution in [0.4, 0.5) is 0 Å². The third-order valence-corrected chi connectivity index (χ3v) is 9.22. The molecule has 0 spiro atoms. The highest BCUT2D eigenvalue weighted by Crippen LogP contribution is 2.39. The van der Waals surface area contributed by atoms with Crippen molar-refractivity contribution in [1.82, 2.24) is 4.98 Å². The van der Waals surface area contributed by atoms with E-state index in [0.29, 0.717) is 38.8 Å². The van der Waals surface area contributed by atoms with E-state index in [1.807, 2.05) is 85.1 Å². The lowest BCUT2D eigenvalue weighted by Gasteiger charge is -2.48. The summed E-state index contributed by atoms with van der Waals surface area (Å²) in [5.74, 6) is -2.16. The number of hydrogen-bond donors (Lipinski definition) is 3. The van der Waals surface area contributed by atoms with Crippen LogP contribution in [-0.4, -0.2) is 65.9 Å². The van der Waals surface area contributed by atoms with Gasteiger partial charge in [0.25, 0.3) is 0 Å². The Labute approximate surface area is 289 Å². The minimum atomic E-state index is -1.37. The molecule has 1 saturated heterocycles. The Morgan fingerprint density at radius 2 is 1.45 bits per heavy atom. The van der Waals surface area contributed by atoms with Gasteiger partial charge < -0.3 is 34.8 Å². The number of aliphatic hydroxyl groups excluding tert-OH is 1. The number of carbonyl (C=O) groups excluding carboxylic acids is 2. The van der Waals surface area contributed by atoms with Gasteiger partial charge in [0.05, 0.1) is 13.2 Å². The maximum atomic E-state index is 13.5. The Bertz CT molecular complexity index is 1580. The first kappa shape index (κ1) is 36.3. The minimum absolute atomic E-state index is 0.139. The molecule has 9 nitrogen and oxygen atoms in total. The number of benzene rings is 3. The number of ether oxygens (including phenoxy) is 4. The number of carbonyl (C=O) groups is 2. The molecule has 9 heteroatoms. The first-order valence-electron chi connectivity index (χ1n) is 17.6. The van der Waals surface area contributed by atoms with Crippen LogP contribution in [0.5, 0.6) is 0 Å². The number of aryl methyl sites for hydroxylation is 3. The number of fused-ring (bicyclic) bond motifs is 1. The SMILES string of the molecule is NCCCCCCO[C@]1(CCc2c[nH]c3ccccc23)O[C@H](CO)[C@@H](OC(=O)CCc2ccccc2)C[C@H]1OC(=O)CCc1ccccc1. The molecule has 4 aromatic rings. The molecule has 5 rings (SSSR count). The lowest BCUT2D eigenvalue weighted by atomic mass is 9.90. The molecule has 4 N–H and O–H groups in total. The second kappa shape index (κ2) is 18.7. The van der Waals surface area contributed by atoms with Gasteiger partial charge in [0.15, 0.2) is 6.10 Å². The molecular formula is C40H50N2O7. The van der Waals surface area contributed by atoms with Gasteiger partial charge in [-0.3, -0.25) is 9.59 Å². The highest BCUT2D eigenvalue weighted by molar-refractivity contribution is 5.83. The van der Waals surface area contributed by atoms with Crippen LogP contribution < -0.4 is 5.73 Å². The van der Waals surface area contributed by atoms with Crippen molar-refractivity contribution in [3.63, 3.8) is 0 Å². The van der Waals surface area contributed by atoms with Gasteiger partial charge in [-0.15, -0.1) is 0 Å². The lowest BCUT2D eigenvalue weighted by Crippen LogP contribution is -2.61. The van der Waals surface area contributed by atoms with E-state index < -0.39 is 36.0 Å². The zero-order valence-corrected chi connectivity index (χ0v) is 28.3. The van der Waals surface area contributed by atoms with Crippen molar-refractivity contribution in [2.24, 2.45) is 5.73 Å². The second-order valence-corrected chi connectivity index (χ2v) is 12.8. The Balaban J connectivity index is 1.36. The molecule has 0 bridgehead atoms. The van der Waals surface area contributed by atoms with Crippen molar-refractivity contribution in [3.05, 3.63) is 108 Å². The smallest absolute Gasteiger partial charge is 0.306 e. The molecule has 49 heavy (non-hydrogen) atoms. The molecule has 1 aliphatic heterocycles. The van der Waals surface area contributed by atoms with Crippen LogP contribution in [0.2, 0.25) is 0 Å². The second-order valence-electron chi connectivity index (χ2n) is 12.8. The van der Waals surface area contributed by atoms with Gasteiger partial charge in [0.2, 0.25) is 5.79 Å². The van der Waals surface area contributed by atoms with E-state index in [1.54, 1.807) is 0 Å². The van der Waals surface area contributed by atoms with Gasteiger partial charge in [-0.05, 0) is 61.4 Å². The number of rotatable bonds is 19. The first-order valence-corrected chi connectivity index (χ1v) is 17.6. The minimum Gasteiger partial charge on any atom is -0.459 e. The third kappa shape index (κ3) is 10.5. The summed E-state index contributed by atoms with van der Waals surface area (Å²) >= 11 is 0. The summed E-state index contributed by atoms with van der Waals surface area (Å²) in [6.45, 7) is 0.624. The average molecular weight is 671 g/mol. The number of nitrogens with two attached hydrogens (primary N) is 1. The molecule has 2 heterocycles. The predicted octanol–water partition coefficient (Wildman–Crippen LogP) is 6.20. The van der Waals surface area contributed by atoms with Crippen LogP contribution in [-0.2, 0) is 47.8 Å². The van der Waals surface area contributed by atoms with Gasteiger partial charge in [0, 0.05) is 42.8 Å². The number of hydrogen-bond acceptors (Lipinski definition) is 8. The number of H-pyrrole nitrogens is 1. The van der Waals surface area contributed by atoms with E-state index >= 15 is 0 Å². The monoisotopic (exact) mass is 670 g/mol. The Morgan fingerprint density at radius 3 is 2.12 bits per heavy atom. The molecular weight excluding hydrogens is 620 g/mol. The molecule has 0 radical (unpaired) electrons. The lowest BCUT2D eigenvalue weighted by molar-refractivity contribution is -0.346. The predicted molar refractivity (Wildman–Crippen MR) is 189 cm³/mol. The largest absolute Gasteiger partial charge is 0.459 e. The Morgan fingerprint density at radius 1 is 0.816 bits per heavy atom. The van der Waals surface area contributed by atoms with Gasteiger partial charge in [-0.25, -0.2) is 0 Å². The topological polar surface area (TPSA) is 133 Å². The van der Waals surface area contributed by atoms with Crippen molar-refractivity contribution in [3.8, 4) is 0 Å². The summed E-state index contributed by atoms with van der Waals surface area (Å²) in [5, 5.41) is 11.7. The molecule has 1 aromatic heterocycles. The Kier molecular flexibility index (Phi) is 13.8. The van der Waals surface area contributed by atoms with Crippen LogP contribution in [0.25, 0.3) is 10.9 Å². The summed E-state index contributed by atoms with van der Waals surface area (Å²) in [7, 11) is 0. The summed E-state index contributed by atoms with van der Waals surface area (Å²) in [5.41, 5.74) is 9.86. The number of esters is 2. The standard InChI is InChI=1S/C40H50N2O7/c41-25-11-1-2-12-26-46-40(24-23-32-28-42-34-18-10-9-17-33(32)34)37(48-39(45)22-20-31-15-7-4-8-16-31)27-35(36(29-43)49-40)47-38(44)21-19-30-13-5-3-6-14-30/h3-10,13-18,28,35-37,42-43H,1-2,11-12,19-27,29,41H2/t35-,36+,37+,40+/m0/s1. The normalized spacial score (nSPS) is 20.7. The van der Waals surface area contributed by atoms with E-state index in [1.165, 1.54) is 0 Å². The van der Waals surface area contributed by atoms with Gasteiger partial charge in [-0.2, -0.15) is 0 Å². The highest BCUT2D eigenvalue weighted by atomic mass is 16.7. The quantitative estimate of drug-likeness (QED) is 0.0794. The molecule has 262 valence electrons. The van der Waals surface area contributed by atoms with Crippen LogP contribution >= 0.6 is 0 Å². The van der Waals surface area contributed by atoms with E-state index in [9.17, 15) is 14.7 Å². The fourth-order valence-corrected chi connectivity index (χ4v) is 6.51. The number of nitrogens with one attached hydrogen (secondary N) is 1. The molecule has 1 fully saturated rings. The van der Waals surface area contributed by atoms with E-state index in [-0.39, 0.29) is 25.9 Å². The first-order chi connectivity index (χ1) is 24.0. The maximum absolute atomic E-state index is 13.5. The summed E-state index contributed by atoms with van der Waals surface area (Å²) in [6.07, 6.45) is 5.51. The van der Waals surface area contributed by atoms with Crippen LogP contribution in [0.3, 0.4) is 0 Å². The van der Waals surface area contributed by atoms with Crippen molar-refractivity contribution < 1.29 is 33.6 Å². The third-order valence-electron chi connectivity index (χ3n) is 9.22. The molecule has 1 aliphatic rings. The molecule has 0 saturated carbocycles.